The van der Waals surface area contributed by atoms with Crippen molar-refractivity contribution in [1.82, 2.24) is 5.32 Å². The fraction of sp³-hybridized carbons (Fsp3) is 0.455. The molecule has 2 N–H and O–H groups in total. The minimum absolute atomic E-state index is 0.0457. The van der Waals surface area contributed by atoms with Crippen molar-refractivity contribution in [3.8, 4) is 5.75 Å². The monoisotopic (exact) mass is 273 g/mol. The Bertz CT molecular complexity index is 364. The summed E-state index contributed by atoms with van der Waals surface area (Å²) >= 11 is 3.12. The molecule has 0 bridgehead atoms. The second-order valence-corrected chi connectivity index (χ2v) is 4.75. The maximum Gasteiger partial charge on any atom is 0.141 e. The summed E-state index contributed by atoms with van der Waals surface area (Å²) in [5.74, 6) is -0.375. The standard InChI is InChI=1S/C11H13BrFNO/c12-9-5-7(11(15)6-10(9)13)4-8-2-1-3-14-8/h5-6,8,14-15H,1-4H2. The number of benzene rings is 1. The van der Waals surface area contributed by atoms with Crippen LogP contribution in [-0.2, 0) is 6.42 Å². The van der Waals surface area contributed by atoms with Crippen molar-refractivity contribution in [2.45, 2.75) is 25.3 Å². The molecule has 1 heterocycles. The molecule has 1 aliphatic heterocycles. The van der Waals surface area contributed by atoms with Crippen LogP contribution in [-0.4, -0.2) is 17.7 Å². The van der Waals surface area contributed by atoms with Gasteiger partial charge >= 0.3 is 0 Å². The fourth-order valence-electron chi connectivity index (χ4n) is 1.94. The van der Waals surface area contributed by atoms with Gasteiger partial charge in [-0.3, -0.25) is 0 Å². The quantitative estimate of drug-likeness (QED) is 0.868. The highest BCUT2D eigenvalue weighted by Crippen LogP contribution is 2.27. The van der Waals surface area contributed by atoms with Crippen LogP contribution >= 0.6 is 15.9 Å². The second-order valence-electron chi connectivity index (χ2n) is 3.89. The molecule has 15 heavy (non-hydrogen) atoms. The van der Waals surface area contributed by atoms with Crippen LogP contribution in [0.25, 0.3) is 0 Å². The number of aromatic hydroxyl groups is 1. The normalized spacial score (nSPS) is 20.8. The van der Waals surface area contributed by atoms with Gasteiger partial charge in [-0.05, 0) is 53.4 Å². The predicted molar refractivity (Wildman–Crippen MR) is 60.5 cm³/mol. The van der Waals surface area contributed by atoms with Crippen molar-refractivity contribution in [3.05, 3.63) is 28.0 Å². The van der Waals surface area contributed by atoms with Gasteiger partial charge in [0.2, 0.25) is 0 Å². The average molecular weight is 274 g/mol. The van der Waals surface area contributed by atoms with Gasteiger partial charge in [-0.1, -0.05) is 0 Å². The molecule has 0 spiro atoms. The van der Waals surface area contributed by atoms with Gasteiger partial charge in [-0.15, -0.1) is 0 Å². The molecule has 82 valence electrons. The van der Waals surface area contributed by atoms with Gasteiger partial charge in [0.25, 0.3) is 0 Å². The lowest BCUT2D eigenvalue weighted by atomic mass is 10.0. The van der Waals surface area contributed by atoms with Gasteiger partial charge in [0, 0.05) is 12.1 Å². The zero-order valence-electron chi connectivity index (χ0n) is 8.26. The Balaban J connectivity index is 2.16. The molecule has 0 saturated carbocycles. The first-order valence-corrected chi connectivity index (χ1v) is 5.86. The fourth-order valence-corrected chi connectivity index (χ4v) is 2.33. The molecular weight excluding hydrogens is 261 g/mol. The Morgan fingerprint density at radius 3 is 3.00 bits per heavy atom. The number of phenolic OH excluding ortho intramolecular Hbond substituents is 1. The molecule has 0 aromatic heterocycles. The summed E-state index contributed by atoms with van der Waals surface area (Å²) in [4.78, 5) is 0. The first kappa shape index (κ1) is 10.9. The van der Waals surface area contributed by atoms with E-state index >= 15 is 0 Å². The SMILES string of the molecule is Oc1cc(F)c(Br)cc1CC1CCCN1. The third kappa shape index (κ3) is 2.49. The van der Waals surface area contributed by atoms with E-state index in [0.717, 1.165) is 31.0 Å². The topological polar surface area (TPSA) is 32.3 Å². The first-order valence-electron chi connectivity index (χ1n) is 5.07. The molecule has 0 aliphatic carbocycles. The minimum atomic E-state index is -0.421. The molecule has 1 saturated heterocycles. The molecule has 0 amide bonds. The summed E-state index contributed by atoms with van der Waals surface area (Å²) in [6.45, 7) is 1.04. The van der Waals surface area contributed by atoms with E-state index in [1.54, 1.807) is 6.07 Å². The van der Waals surface area contributed by atoms with Crippen molar-refractivity contribution in [1.29, 1.82) is 0 Å². The van der Waals surface area contributed by atoms with E-state index in [4.69, 9.17) is 0 Å². The van der Waals surface area contributed by atoms with E-state index in [1.165, 1.54) is 6.42 Å². The minimum Gasteiger partial charge on any atom is -0.508 e. The summed E-state index contributed by atoms with van der Waals surface area (Å²) in [5, 5.41) is 12.9. The molecule has 2 nitrogen and oxygen atoms in total. The van der Waals surface area contributed by atoms with Crippen LogP contribution in [0.2, 0.25) is 0 Å². The number of hydrogen-bond acceptors (Lipinski definition) is 2. The van der Waals surface area contributed by atoms with Crippen molar-refractivity contribution in [2.24, 2.45) is 0 Å². The highest BCUT2D eigenvalue weighted by molar-refractivity contribution is 9.10. The highest BCUT2D eigenvalue weighted by Gasteiger charge is 2.17. The van der Waals surface area contributed by atoms with Crippen molar-refractivity contribution in [3.63, 3.8) is 0 Å². The van der Waals surface area contributed by atoms with Gasteiger partial charge in [-0.2, -0.15) is 0 Å². The van der Waals surface area contributed by atoms with E-state index in [0.29, 0.717) is 10.5 Å². The second kappa shape index (κ2) is 4.49. The third-order valence-corrected chi connectivity index (χ3v) is 3.36. The summed E-state index contributed by atoms with van der Waals surface area (Å²) in [6, 6.07) is 3.23. The maximum absolute atomic E-state index is 13.1. The summed E-state index contributed by atoms with van der Waals surface area (Å²) in [5.41, 5.74) is 0.794. The van der Waals surface area contributed by atoms with E-state index < -0.39 is 5.82 Å². The largest absolute Gasteiger partial charge is 0.508 e. The molecule has 4 heteroatoms. The summed E-state index contributed by atoms with van der Waals surface area (Å²) < 4.78 is 13.5. The zero-order chi connectivity index (χ0) is 10.8. The Morgan fingerprint density at radius 1 is 1.53 bits per heavy atom. The lowest BCUT2D eigenvalue weighted by molar-refractivity contribution is 0.455. The molecule has 1 fully saturated rings. The van der Waals surface area contributed by atoms with Gasteiger partial charge in [0.1, 0.15) is 11.6 Å². The molecule has 0 radical (unpaired) electrons. The Morgan fingerprint density at radius 2 is 2.33 bits per heavy atom. The summed E-state index contributed by atoms with van der Waals surface area (Å²) in [7, 11) is 0. The van der Waals surface area contributed by atoms with E-state index in [1.807, 2.05) is 0 Å². The van der Waals surface area contributed by atoms with Gasteiger partial charge in [-0.25, -0.2) is 4.39 Å². The highest BCUT2D eigenvalue weighted by atomic mass is 79.9. The molecule has 1 unspecified atom stereocenters. The van der Waals surface area contributed by atoms with E-state index in [2.05, 4.69) is 21.2 Å². The number of nitrogens with one attached hydrogen (secondary N) is 1. The lowest BCUT2D eigenvalue weighted by Crippen LogP contribution is -2.23. The van der Waals surface area contributed by atoms with Crippen LogP contribution < -0.4 is 5.32 Å². The van der Waals surface area contributed by atoms with Crippen molar-refractivity contribution < 1.29 is 9.50 Å². The van der Waals surface area contributed by atoms with Crippen LogP contribution in [0.3, 0.4) is 0 Å². The first-order chi connectivity index (χ1) is 7.16. The Kier molecular flexibility index (Phi) is 3.26. The van der Waals surface area contributed by atoms with E-state index in [-0.39, 0.29) is 5.75 Å². The molecular formula is C11H13BrFNO. The molecule has 1 aromatic rings. The summed E-state index contributed by atoms with van der Waals surface area (Å²) in [6.07, 6.45) is 3.05. The van der Waals surface area contributed by atoms with Crippen LogP contribution in [0, 0.1) is 5.82 Å². The number of rotatable bonds is 2. The molecule has 2 rings (SSSR count). The smallest absolute Gasteiger partial charge is 0.141 e. The van der Waals surface area contributed by atoms with Crippen LogP contribution in [0.1, 0.15) is 18.4 Å². The Labute approximate surface area is 96.6 Å². The van der Waals surface area contributed by atoms with Crippen LogP contribution in [0.4, 0.5) is 4.39 Å². The zero-order valence-corrected chi connectivity index (χ0v) is 9.85. The number of halogens is 2. The Hall–Kier alpha value is -0.610. The number of hydrogen-bond donors (Lipinski definition) is 2. The number of phenols is 1. The lowest BCUT2D eigenvalue weighted by Gasteiger charge is -2.12. The van der Waals surface area contributed by atoms with Crippen molar-refractivity contribution in [2.75, 3.05) is 6.54 Å². The molecule has 1 aromatic carbocycles. The van der Waals surface area contributed by atoms with Crippen LogP contribution in [0.15, 0.2) is 16.6 Å². The van der Waals surface area contributed by atoms with Gasteiger partial charge < -0.3 is 10.4 Å². The third-order valence-electron chi connectivity index (χ3n) is 2.75. The van der Waals surface area contributed by atoms with Gasteiger partial charge in [0.05, 0.1) is 4.47 Å². The van der Waals surface area contributed by atoms with Gasteiger partial charge in [0.15, 0.2) is 0 Å². The maximum atomic E-state index is 13.1. The van der Waals surface area contributed by atoms with Crippen LogP contribution in [0.5, 0.6) is 5.75 Å². The molecule has 1 aliphatic rings. The predicted octanol–water partition coefficient (Wildman–Crippen LogP) is 2.59. The molecule has 1 atom stereocenters. The van der Waals surface area contributed by atoms with Crippen molar-refractivity contribution >= 4 is 15.9 Å². The van der Waals surface area contributed by atoms with E-state index in [9.17, 15) is 9.50 Å². The average Bonchev–Trinajstić information content (AvgIpc) is 2.67.